The number of hydrogen-bond acceptors (Lipinski definition) is 5. The first-order chi connectivity index (χ1) is 11.1. The second-order valence-corrected chi connectivity index (χ2v) is 7.07. The van der Waals surface area contributed by atoms with E-state index in [1.54, 1.807) is 0 Å². The summed E-state index contributed by atoms with van der Waals surface area (Å²) in [6.07, 6.45) is 2.24. The summed E-state index contributed by atoms with van der Waals surface area (Å²) in [6, 6.07) is 10.5. The zero-order valence-corrected chi connectivity index (χ0v) is 14.2. The highest BCUT2D eigenvalue weighted by Crippen LogP contribution is 2.36. The van der Waals surface area contributed by atoms with Crippen LogP contribution in [0.15, 0.2) is 35.5 Å². The Balaban J connectivity index is 1.58. The van der Waals surface area contributed by atoms with E-state index >= 15 is 0 Å². The first-order valence-electron chi connectivity index (χ1n) is 7.90. The van der Waals surface area contributed by atoms with Gasteiger partial charge in [-0.1, -0.05) is 55.9 Å². The molecule has 0 bridgehead atoms. The topological polar surface area (TPSA) is 72.7 Å². The Labute approximate surface area is 140 Å². The summed E-state index contributed by atoms with van der Waals surface area (Å²) in [7, 11) is 0. The Bertz CT molecular complexity index is 654. The molecule has 1 fully saturated rings. The van der Waals surface area contributed by atoms with Gasteiger partial charge in [-0.2, -0.15) is 0 Å². The molecule has 0 radical (unpaired) electrons. The summed E-state index contributed by atoms with van der Waals surface area (Å²) < 4.78 is 1.83. The number of nitrogens with one attached hydrogen (secondary N) is 1. The van der Waals surface area contributed by atoms with Crippen molar-refractivity contribution in [1.82, 2.24) is 25.5 Å². The molecule has 0 aliphatic heterocycles. The largest absolute Gasteiger partial charge is 0.348 e. The van der Waals surface area contributed by atoms with Crippen LogP contribution in [0, 0.1) is 5.92 Å². The van der Waals surface area contributed by atoms with Gasteiger partial charge in [-0.25, -0.2) is 4.68 Å². The first-order valence-corrected chi connectivity index (χ1v) is 8.88. The molecule has 0 saturated heterocycles. The highest BCUT2D eigenvalue weighted by atomic mass is 32.2. The molecule has 1 amide bonds. The van der Waals surface area contributed by atoms with Crippen molar-refractivity contribution in [3.8, 4) is 0 Å². The molecule has 23 heavy (non-hydrogen) atoms. The zero-order valence-electron chi connectivity index (χ0n) is 13.3. The maximum Gasteiger partial charge on any atom is 0.230 e. The van der Waals surface area contributed by atoms with E-state index in [0.29, 0.717) is 17.7 Å². The quantitative estimate of drug-likeness (QED) is 0.790. The van der Waals surface area contributed by atoms with Crippen molar-refractivity contribution in [2.24, 2.45) is 5.92 Å². The molecule has 0 spiro atoms. The number of nitrogens with zero attached hydrogens (tertiary/aromatic N) is 4. The van der Waals surface area contributed by atoms with Gasteiger partial charge in [0.2, 0.25) is 11.1 Å². The fourth-order valence-electron chi connectivity index (χ4n) is 2.47. The van der Waals surface area contributed by atoms with Gasteiger partial charge in [-0.15, -0.1) is 5.10 Å². The Kier molecular flexibility index (Phi) is 4.95. The Hall–Kier alpha value is -1.89. The van der Waals surface area contributed by atoms with Crippen LogP contribution < -0.4 is 5.32 Å². The maximum absolute atomic E-state index is 12.3. The minimum Gasteiger partial charge on any atom is -0.348 e. The average molecular weight is 331 g/mol. The van der Waals surface area contributed by atoms with Gasteiger partial charge in [0.1, 0.15) is 0 Å². The van der Waals surface area contributed by atoms with Crippen LogP contribution in [-0.2, 0) is 4.79 Å². The third-order valence-electron chi connectivity index (χ3n) is 3.83. The Morgan fingerprint density at radius 3 is 2.74 bits per heavy atom. The molecule has 6 nitrogen and oxygen atoms in total. The lowest BCUT2D eigenvalue weighted by Crippen LogP contribution is -2.33. The highest BCUT2D eigenvalue weighted by Gasteiger charge is 2.28. The number of amides is 1. The molecular formula is C16H21N5OS. The van der Waals surface area contributed by atoms with Crippen LogP contribution in [0.1, 0.15) is 44.3 Å². The molecule has 122 valence electrons. The van der Waals surface area contributed by atoms with Gasteiger partial charge in [0.25, 0.3) is 0 Å². The van der Waals surface area contributed by atoms with E-state index < -0.39 is 0 Å². The number of tetrazole rings is 1. The predicted octanol–water partition coefficient (Wildman–Crippen LogP) is 2.61. The maximum atomic E-state index is 12.3. The van der Waals surface area contributed by atoms with Gasteiger partial charge in [-0.05, 0) is 34.7 Å². The van der Waals surface area contributed by atoms with E-state index in [2.05, 4.69) is 34.7 Å². The van der Waals surface area contributed by atoms with Crippen molar-refractivity contribution in [3.63, 3.8) is 0 Å². The van der Waals surface area contributed by atoms with Crippen molar-refractivity contribution < 1.29 is 4.79 Å². The molecule has 1 heterocycles. The monoisotopic (exact) mass is 331 g/mol. The molecule has 2 aromatic rings. The van der Waals surface area contributed by atoms with Crippen LogP contribution in [0.3, 0.4) is 0 Å². The van der Waals surface area contributed by atoms with Gasteiger partial charge in [0.05, 0.1) is 17.8 Å². The average Bonchev–Trinajstić information content (AvgIpc) is 3.29. The Morgan fingerprint density at radius 2 is 2.09 bits per heavy atom. The van der Waals surface area contributed by atoms with Crippen LogP contribution >= 0.6 is 11.8 Å². The molecule has 1 aromatic heterocycles. The van der Waals surface area contributed by atoms with Crippen molar-refractivity contribution in [2.75, 3.05) is 5.75 Å². The molecule has 7 heteroatoms. The van der Waals surface area contributed by atoms with Crippen LogP contribution in [-0.4, -0.2) is 31.9 Å². The molecule has 1 saturated carbocycles. The van der Waals surface area contributed by atoms with Gasteiger partial charge < -0.3 is 5.32 Å². The van der Waals surface area contributed by atoms with Crippen molar-refractivity contribution in [2.45, 2.75) is 43.9 Å². The molecular weight excluding hydrogens is 310 g/mol. The summed E-state index contributed by atoms with van der Waals surface area (Å²) in [5.74, 6) is 0.648. The van der Waals surface area contributed by atoms with Crippen LogP contribution in [0.5, 0.6) is 0 Å². The number of carbonyl (C=O) groups excluding carboxylic acids is 1. The van der Waals surface area contributed by atoms with Crippen molar-refractivity contribution in [3.05, 3.63) is 35.9 Å². The van der Waals surface area contributed by atoms with Crippen molar-refractivity contribution >= 4 is 17.7 Å². The van der Waals surface area contributed by atoms with E-state index in [9.17, 15) is 4.79 Å². The van der Waals surface area contributed by atoms with E-state index in [1.807, 2.05) is 35.0 Å². The molecule has 1 aliphatic rings. The van der Waals surface area contributed by atoms with E-state index in [0.717, 1.165) is 23.6 Å². The van der Waals surface area contributed by atoms with Crippen LogP contribution in [0.25, 0.3) is 0 Å². The molecule has 1 aromatic carbocycles. The number of aromatic nitrogens is 4. The van der Waals surface area contributed by atoms with Gasteiger partial charge in [-0.3, -0.25) is 4.79 Å². The molecule has 1 aliphatic carbocycles. The number of rotatable bonds is 7. The second kappa shape index (κ2) is 7.12. The third-order valence-corrected chi connectivity index (χ3v) is 4.76. The summed E-state index contributed by atoms with van der Waals surface area (Å²) in [4.78, 5) is 12.3. The normalized spacial score (nSPS) is 15.6. The third kappa shape index (κ3) is 4.10. The minimum atomic E-state index is 0.00269. The summed E-state index contributed by atoms with van der Waals surface area (Å²) >= 11 is 1.39. The molecule has 1 atom stereocenters. The second-order valence-electron chi connectivity index (χ2n) is 6.13. The van der Waals surface area contributed by atoms with Crippen molar-refractivity contribution in [1.29, 1.82) is 0 Å². The zero-order chi connectivity index (χ0) is 16.2. The lowest BCUT2D eigenvalue weighted by Gasteiger charge is -2.22. The fourth-order valence-corrected chi connectivity index (χ4v) is 3.22. The summed E-state index contributed by atoms with van der Waals surface area (Å²) in [5, 5.41) is 15.6. The summed E-state index contributed by atoms with van der Waals surface area (Å²) in [5.41, 5.74) is 1.13. The first kappa shape index (κ1) is 16.0. The molecule has 3 rings (SSSR count). The smallest absolute Gasteiger partial charge is 0.230 e. The van der Waals surface area contributed by atoms with Crippen LogP contribution in [0.2, 0.25) is 0 Å². The molecule has 1 N–H and O–H groups in total. The number of thioether (sulfide) groups is 1. The standard InChI is InChI=1S/C16H21N5OS/c1-11(2)15(12-6-4-3-5-7-12)17-14(22)10-23-16-18-19-20-21(16)13-8-9-13/h3-7,11,13,15H,8-10H2,1-2H3,(H,17,22). The lowest BCUT2D eigenvalue weighted by atomic mass is 9.96. The van der Waals surface area contributed by atoms with E-state index in [4.69, 9.17) is 0 Å². The number of hydrogen-bond donors (Lipinski definition) is 1. The number of benzene rings is 1. The van der Waals surface area contributed by atoms with Gasteiger partial charge in [0.15, 0.2) is 0 Å². The highest BCUT2D eigenvalue weighted by molar-refractivity contribution is 7.99. The number of carbonyl (C=O) groups is 1. The Morgan fingerprint density at radius 1 is 1.35 bits per heavy atom. The fraction of sp³-hybridized carbons (Fsp3) is 0.500. The molecule has 1 unspecified atom stereocenters. The predicted molar refractivity (Wildman–Crippen MR) is 89.0 cm³/mol. The van der Waals surface area contributed by atoms with Gasteiger partial charge >= 0.3 is 0 Å². The summed E-state index contributed by atoms with van der Waals surface area (Å²) in [6.45, 7) is 4.22. The van der Waals surface area contributed by atoms with Crippen LogP contribution in [0.4, 0.5) is 0 Å². The SMILES string of the molecule is CC(C)C(NC(=O)CSc1nnnn1C1CC1)c1ccccc1. The van der Waals surface area contributed by atoms with E-state index in [-0.39, 0.29) is 11.9 Å². The van der Waals surface area contributed by atoms with Gasteiger partial charge in [0, 0.05) is 0 Å². The van der Waals surface area contributed by atoms with E-state index in [1.165, 1.54) is 11.8 Å². The minimum absolute atomic E-state index is 0.00269. The lowest BCUT2D eigenvalue weighted by molar-refractivity contribution is -0.119.